The number of aromatic nitrogens is 3. The molecular weight excluding hydrogens is 480 g/mol. The Kier molecular flexibility index (Phi) is 10.9. The normalized spacial score (nSPS) is 19.2. The first-order valence-electron chi connectivity index (χ1n) is 14.1. The van der Waals surface area contributed by atoms with Gasteiger partial charge in [0.25, 0.3) is 0 Å². The minimum absolute atomic E-state index is 0.439. The fourth-order valence-electron chi connectivity index (χ4n) is 5.12. The van der Waals surface area contributed by atoms with E-state index in [4.69, 9.17) is 9.72 Å². The van der Waals surface area contributed by atoms with Crippen LogP contribution in [0.1, 0.15) is 44.6 Å². The maximum absolute atomic E-state index is 5.47. The van der Waals surface area contributed by atoms with Crippen molar-refractivity contribution >= 4 is 23.4 Å². The first-order valence-corrected chi connectivity index (χ1v) is 14.1. The Morgan fingerprint density at radius 1 is 1.08 bits per heavy atom. The van der Waals surface area contributed by atoms with Gasteiger partial charge in [-0.3, -0.25) is 4.98 Å². The molecule has 0 aromatic carbocycles. The van der Waals surface area contributed by atoms with Gasteiger partial charge in [0.2, 0.25) is 0 Å². The van der Waals surface area contributed by atoms with Gasteiger partial charge >= 0.3 is 0 Å². The second-order valence-corrected chi connectivity index (χ2v) is 9.47. The first-order chi connectivity index (χ1) is 18.8. The predicted molar refractivity (Wildman–Crippen MR) is 154 cm³/mol. The second-order valence-electron chi connectivity index (χ2n) is 9.47. The van der Waals surface area contributed by atoms with Gasteiger partial charge in [0.15, 0.2) is 11.6 Å². The molecule has 0 amide bonds. The van der Waals surface area contributed by atoms with Crippen LogP contribution in [-0.2, 0) is 11.3 Å². The van der Waals surface area contributed by atoms with E-state index in [1.165, 1.54) is 24.9 Å². The number of hydrazone groups is 1. The zero-order valence-electron chi connectivity index (χ0n) is 23.1. The summed E-state index contributed by atoms with van der Waals surface area (Å²) in [5.74, 6) is 2.30. The minimum atomic E-state index is 0.439. The van der Waals surface area contributed by atoms with Crippen LogP contribution in [0.2, 0.25) is 0 Å². The van der Waals surface area contributed by atoms with Crippen molar-refractivity contribution in [2.75, 3.05) is 74.6 Å². The van der Waals surface area contributed by atoms with E-state index in [-0.39, 0.29) is 0 Å². The maximum Gasteiger partial charge on any atom is 0.156 e. The van der Waals surface area contributed by atoms with E-state index in [1.807, 2.05) is 33.3 Å². The zero-order valence-corrected chi connectivity index (χ0v) is 23.1. The number of hydrogen-bond donors (Lipinski definition) is 4. The highest BCUT2D eigenvalue weighted by atomic mass is 16.5. The number of rotatable bonds is 8. The molecule has 0 unspecified atom stereocenters. The number of morpholine rings is 1. The lowest BCUT2D eigenvalue weighted by atomic mass is 9.92. The molecule has 208 valence electrons. The van der Waals surface area contributed by atoms with E-state index in [9.17, 15) is 0 Å². The van der Waals surface area contributed by atoms with Crippen molar-refractivity contribution in [3.05, 3.63) is 36.0 Å². The van der Waals surface area contributed by atoms with E-state index >= 15 is 0 Å². The van der Waals surface area contributed by atoms with Gasteiger partial charge in [0, 0.05) is 45.1 Å². The van der Waals surface area contributed by atoms with Crippen LogP contribution in [0.5, 0.6) is 0 Å². The smallest absolute Gasteiger partial charge is 0.156 e. The Labute approximate surface area is 226 Å². The molecule has 0 bridgehead atoms. The molecule has 0 radical (unpaired) electrons. The van der Waals surface area contributed by atoms with Gasteiger partial charge < -0.3 is 35.9 Å². The predicted octanol–water partition coefficient (Wildman–Crippen LogP) is 2.03. The minimum Gasteiger partial charge on any atom is -0.384 e. The van der Waals surface area contributed by atoms with Crippen molar-refractivity contribution in [2.24, 2.45) is 11.0 Å². The summed E-state index contributed by atoms with van der Waals surface area (Å²) >= 11 is 0. The second kappa shape index (κ2) is 14.8. The van der Waals surface area contributed by atoms with Crippen molar-refractivity contribution in [1.82, 2.24) is 31.0 Å². The average molecular weight is 525 g/mol. The Balaban J connectivity index is 0.00000164. The summed E-state index contributed by atoms with van der Waals surface area (Å²) in [6.45, 7) is 11.9. The molecule has 2 aromatic rings. The van der Waals surface area contributed by atoms with Gasteiger partial charge in [0.1, 0.15) is 0 Å². The molecule has 0 spiro atoms. The largest absolute Gasteiger partial charge is 0.384 e. The van der Waals surface area contributed by atoms with E-state index in [0.29, 0.717) is 37.7 Å². The number of piperidine rings is 1. The first kappa shape index (κ1) is 28.0. The Bertz CT molecular complexity index is 999. The lowest BCUT2D eigenvalue weighted by Crippen LogP contribution is -2.54. The van der Waals surface area contributed by atoms with Crippen molar-refractivity contribution < 1.29 is 4.74 Å². The van der Waals surface area contributed by atoms with Gasteiger partial charge in [0.05, 0.1) is 49.7 Å². The highest BCUT2D eigenvalue weighted by Crippen LogP contribution is 2.25. The van der Waals surface area contributed by atoms with Gasteiger partial charge in [-0.15, -0.1) is 0 Å². The summed E-state index contributed by atoms with van der Waals surface area (Å²) < 4.78 is 5.47. The van der Waals surface area contributed by atoms with E-state index in [1.54, 1.807) is 6.21 Å². The fourth-order valence-corrected chi connectivity index (χ4v) is 5.12. The lowest BCUT2D eigenvalue weighted by molar-refractivity contribution is 0.122. The van der Waals surface area contributed by atoms with Crippen LogP contribution in [0.3, 0.4) is 0 Å². The molecule has 4 N–H and O–H groups in total. The maximum atomic E-state index is 5.47. The molecule has 3 saturated heterocycles. The Morgan fingerprint density at radius 3 is 2.58 bits per heavy atom. The van der Waals surface area contributed by atoms with E-state index in [2.05, 4.69) is 58.4 Å². The van der Waals surface area contributed by atoms with Crippen LogP contribution in [0.4, 0.5) is 17.2 Å². The van der Waals surface area contributed by atoms with E-state index in [0.717, 1.165) is 56.5 Å². The Morgan fingerprint density at radius 2 is 1.84 bits per heavy atom. The van der Waals surface area contributed by atoms with Crippen LogP contribution in [0.25, 0.3) is 0 Å². The number of nitrogens with one attached hydrogen (secondary N) is 4. The topological polar surface area (TPSA) is 115 Å². The molecule has 2 aromatic heterocycles. The summed E-state index contributed by atoms with van der Waals surface area (Å²) in [7, 11) is 1.89. The molecule has 0 atom stereocenters. The molecule has 11 heteroatoms. The number of nitrogens with zero attached hydrogens (tertiary/aromatic N) is 6. The van der Waals surface area contributed by atoms with Crippen molar-refractivity contribution in [3.63, 3.8) is 0 Å². The standard InChI is InChI=1S/C25H38N10O.C2H6/c1-26-22-17-30-23(33-25(22)35-11-13-36-14-12-35)18-32-31-16-20-15-21(3-8-27-20)34-9-4-19(5-10-34)24-28-6-2-7-29-24;1-2/h3,8,15-17,19,24,26,28-29,32H,2,4-7,9-14,18H2,1H3;1-2H3/b31-16+;. The van der Waals surface area contributed by atoms with Gasteiger partial charge in [-0.1, -0.05) is 13.8 Å². The van der Waals surface area contributed by atoms with Gasteiger partial charge in [-0.25, -0.2) is 9.97 Å². The third-order valence-electron chi connectivity index (χ3n) is 7.15. The molecule has 0 aliphatic carbocycles. The molecule has 5 heterocycles. The number of ether oxygens (including phenoxy) is 1. The molecule has 3 aliphatic rings. The lowest BCUT2D eigenvalue weighted by Gasteiger charge is -2.39. The molecular formula is C27H44N10O. The number of hydrogen-bond acceptors (Lipinski definition) is 11. The molecule has 3 aliphatic heterocycles. The van der Waals surface area contributed by atoms with Crippen molar-refractivity contribution in [3.8, 4) is 0 Å². The monoisotopic (exact) mass is 524 g/mol. The number of pyridine rings is 1. The quantitative estimate of drug-likeness (QED) is 0.302. The summed E-state index contributed by atoms with van der Waals surface area (Å²) in [5, 5.41) is 14.8. The summed E-state index contributed by atoms with van der Waals surface area (Å²) in [5.41, 5.74) is 6.03. The van der Waals surface area contributed by atoms with Gasteiger partial charge in [-0.05, 0) is 50.4 Å². The third-order valence-corrected chi connectivity index (χ3v) is 7.15. The van der Waals surface area contributed by atoms with Crippen LogP contribution in [0, 0.1) is 5.92 Å². The summed E-state index contributed by atoms with van der Waals surface area (Å²) in [4.78, 5) is 18.4. The van der Waals surface area contributed by atoms with Gasteiger partial charge in [-0.2, -0.15) is 5.10 Å². The van der Waals surface area contributed by atoms with Crippen LogP contribution in [-0.4, -0.2) is 86.9 Å². The molecule has 3 fully saturated rings. The highest BCUT2D eigenvalue weighted by molar-refractivity contribution is 5.78. The SMILES string of the molecule is CC.CNc1cnc(CN/N=C/c2cc(N3CCC(C4NCCCN4)CC3)ccn2)nc1N1CCOCC1. The third kappa shape index (κ3) is 7.52. The van der Waals surface area contributed by atoms with Crippen LogP contribution >= 0.6 is 0 Å². The highest BCUT2D eigenvalue weighted by Gasteiger charge is 2.27. The molecule has 0 saturated carbocycles. The van der Waals surface area contributed by atoms with Crippen molar-refractivity contribution in [2.45, 2.75) is 45.8 Å². The van der Waals surface area contributed by atoms with Crippen LogP contribution in [0.15, 0.2) is 29.6 Å². The molecule has 38 heavy (non-hydrogen) atoms. The average Bonchev–Trinajstić information content (AvgIpc) is 3.01. The number of anilines is 3. The molecule has 11 nitrogen and oxygen atoms in total. The van der Waals surface area contributed by atoms with Crippen LogP contribution < -0.4 is 31.2 Å². The van der Waals surface area contributed by atoms with E-state index < -0.39 is 0 Å². The fraction of sp³-hybridized carbons (Fsp3) is 0.630. The summed E-state index contributed by atoms with van der Waals surface area (Å²) in [6.07, 6.45) is 9.52. The zero-order chi connectivity index (χ0) is 26.6. The molecule has 5 rings (SSSR count). The van der Waals surface area contributed by atoms with Crippen molar-refractivity contribution in [1.29, 1.82) is 0 Å². The summed E-state index contributed by atoms with van der Waals surface area (Å²) in [6, 6.07) is 4.20. The Hall–Kier alpha value is -3.02.